The molecule has 13 heavy (non-hydrogen) atoms. The molecule has 0 fully saturated rings. The van der Waals surface area contributed by atoms with E-state index in [1.165, 1.54) is 13.3 Å². The molecule has 1 atom stereocenters. The van der Waals surface area contributed by atoms with Gasteiger partial charge in [-0.05, 0) is 13.8 Å². The van der Waals surface area contributed by atoms with Gasteiger partial charge in [-0.15, -0.1) is 0 Å². The highest BCUT2D eigenvalue weighted by atomic mass is 16.1. The smallest absolute Gasteiger partial charge is 0.217 e. The van der Waals surface area contributed by atoms with Gasteiger partial charge in [0.25, 0.3) is 0 Å². The summed E-state index contributed by atoms with van der Waals surface area (Å²) in [6.07, 6.45) is 3.22. The van der Waals surface area contributed by atoms with E-state index in [0.29, 0.717) is 0 Å². The van der Waals surface area contributed by atoms with E-state index >= 15 is 0 Å². The first-order valence-corrected chi connectivity index (χ1v) is 4.15. The van der Waals surface area contributed by atoms with Gasteiger partial charge in [0, 0.05) is 24.4 Å². The van der Waals surface area contributed by atoms with Crippen molar-refractivity contribution in [3.8, 4) is 0 Å². The molecule has 4 nitrogen and oxygen atoms in total. The van der Waals surface area contributed by atoms with Gasteiger partial charge in [0.1, 0.15) is 6.33 Å². The van der Waals surface area contributed by atoms with Crippen LogP contribution in [0.5, 0.6) is 0 Å². The molecule has 1 aromatic rings. The topological polar surface area (TPSA) is 54.9 Å². The van der Waals surface area contributed by atoms with Gasteiger partial charge in [-0.1, -0.05) is 0 Å². The third-order valence-corrected chi connectivity index (χ3v) is 1.84. The lowest BCUT2D eigenvalue weighted by Gasteiger charge is -2.13. The maximum Gasteiger partial charge on any atom is 0.217 e. The second-order valence-electron chi connectivity index (χ2n) is 2.99. The van der Waals surface area contributed by atoms with Gasteiger partial charge in [-0.3, -0.25) is 4.79 Å². The molecule has 0 radical (unpaired) electrons. The summed E-state index contributed by atoms with van der Waals surface area (Å²) in [5.74, 6) is -0.0456. The molecule has 0 saturated heterocycles. The Labute approximate surface area is 77.4 Å². The van der Waals surface area contributed by atoms with Gasteiger partial charge in [-0.2, -0.15) is 0 Å². The van der Waals surface area contributed by atoms with Crippen LogP contribution in [0.3, 0.4) is 0 Å². The van der Waals surface area contributed by atoms with Crippen molar-refractivity contribution in [1.29, 1.82) is 0 Å². The Kier molecular flexibility index (Phi) is 2.95. The van der Waals surface area contributed by atoms with E-state index in [1.807, 2.05) is 13.8 Å². The van der Waals surface area contributed by atoms with Crippen LogP contribution in [0.15, 0.2) is 12.5 Å². The fourth-order valence-corrected chi connectivity index (χ4v) is 1.21. The minimum Gasteiger partial charge on any atom is -0.350 e. The molecule has 4 heteroatoms. The monoisotopic (exact) mass is 179 g/mol. The van der Waals surface area contributed by atoms with Crippen molar-refractivity contribution in [1.82, 2.24) is 15.3 Å². The predicted octanol–water partition coefficient (Wildman–Crippen LogP) is 0.982. The van der Waals surface area contributed by atoms with Gasteiger partial charge >= 0.3 is 0 Å². The third kappa shape index (κ3) is 2.50. The molecule has 0 aromatic carbocycles. The van der Waals surface area contributed by atoms with E-state index in [1.54, 1.807) is 6.20 Å². The molecule has 1 heterocycles. The standard InChI is InChI=1S/C9H13N3O/c1-6-9(4-10-5-11-6)7(2)12-8(3)13/h4-5,7H,1-3H3,(H,12,13). The molecule has 0 aliphatic heterocycles. The largest absolute Gasteiger partial charge is 0.350 e. The number of aryl methyl sites for hydroxylation is 1. The number of rotatable bonds is 2. The van der Waals surface area contributed by atoms with Gasteiger partial charge < -0.3 is 5.32 Å². The van der Waals surface area contributed by atoms with Gasteiger partial charge in [0.2, 0.25) is 5.91 Å². The molecule has 0 spiro atoms. The number of carbonyl (C=O) groups excluding carboxylic acids is 1. The van der Waals surface area contributed by atoms with Gasteiger partial charge in [0.15, 0.2) is 0 Å². The number of nitrogens with zero attached hydrogens (tertiary/aromatic N) is 2. The Bertz CT molecular complexity index is 311. The first kappa shape index (κ1) is 9.64. The zero-order chi connectivity index (χ0) is 9.84. The fraction of sp³-hybridized carbons (Fsp3) is 0.444. The molecule has 0 bridgehead atoms. The first-order valence-electron chi connectivity index (χ1n) is 4.15. The van der Waals surface area contributed by atoms with Crippen LogP contribution in [-0.2, 0) is 4.79 Å². The van der Waals surface area contributed by atoms with Crippen molar-refractivity contribution in [2.24, 2.45) is 0 Å². The van der Waals surface area contributed by atoms with Crippen LogP contribution < -0.4 is 5.32 Å². The van der Waals surface area contributed by atoms with Crippen LogP contribution in [0, 0.1) is 6.92 Å². The maximum atomic E-state index is 10.8. The summed E-state index contributed by atoms with van der Waals surface area (Å²) < 4.78 is 0. The maximum absolute atomic E-state index is 10.8. The van der Waals surface area contributed by atoms with Crippen LogP contribution in [0.1, 0.15) is 31.1 Å². The number of hydrogen-bond acceptors (Lipinski definition) is 3. The number of amides is 1. The average Bonchev–Trinajstić information content (AvgIpc) is 2.03. The number of hydrogen-bond donors (Lipinski definition) is 1. The van der Waals surface area contributed by atoms with Crippen molar-refractivity contribution in [3.05, 3.63) is 23.8 Å². The highest BCUT2D eigenvalue weighted by Crippen LogP contribution is 2.12. The molecule has 1 rings (SSSR count). The van der Waals surface area contributed by atoms with E-state index in [4.69, 9.17) is 0 Å². The normalized spacial score (nSPS) is 12.2. The Hall–Kier alpha value is -1.45. The summed E-state index contributed by atoms with van der Waals surface area (Å²) in [6.45, 7) is 5.30. The molecule has 1 unspecified atom stereocenters. The Balaban J connectivity index is 2.82. The minimum atomic E-state index is -0.0456. The molecule has 70 valence electrons. The van der Waals surface area contributed by atoms with Crippen molar-refractivity contribution in [2.45, 2.75) is 26.8 Å². The Morgan fingerprint density at radius 3 is 2.85 bits per heavy atom. The van der Waals surface area contributed by atoms with Crippen molar-refractivity contribution < 1.29 is 4.79 Å². The predicted molar refractivity (Wildman–Crippen MR) is 49.0 cm³/mol. The summed E-state index contributed by atoms with van der Waals surface area (Å²) >= 11 is 0. The van der Waals surface area contributed by atoms with Crippen LogP contribution in [0.2, 0.25) is 0 Å². The SMILES string of the molecule is CC(=O)NC(C)c1cncnc1C. The Morgan fingerprint density at radius 2 is 2.31 bits per heavy atom. The second kappa shape index (κ2) is 3.98. The third-order valence-electron chi connectivity index (χ3n) is 1.84. The summed E-state index contributed by atoms with van der Waals surface area (Å²) in [7, 11) is 0. The van der Waals surface area contributed by atoms with E-state index in [9.17, 15) is 4.79 Å². The average molecular weight is 179 g/mol. The van der Waals surface area contributed by atoms with Crippen molar-refractivity contribution in [3.63, 3.8) is 0 Å². The second-order valence-corrected chi connectivity index (χ2v) is 2.99. The highest BCUT2D eigenvalue weighted by molar-refractivity contribution is 5.73. The lowest BCUT2D eigenvalue weighted by Crippen LogP contribution is -2.24. The number of aromatic nitrogens is 2. The minimum absolute atomic E-state index is 0.0290. The number of carbonyl (C=O) groups is 1. The fourth-order valence-electron chi connectivity index (χ4n) is 1.21. The van der Waals surface area contributed by atoms with E-state index in [2.05, 4.69) is 15.3 Å². The molecule has 0 saturated carbocycles. The van der Waals surface area contributed by atoms with Crippen LogP contribution in [0.4, 0.5) is 0 Å². The molecule has 1 aromatic heterocycles. The zero-order valence-corrected chi connectivity index (χ0v) is 8.03. The van der Waals surface area contributed by atoms with Crippen LogP contribution in [0.25, 0.3) is 0 Å². The van der Waals surface area contributed by atoms with Crippen LogP contribution >= 0.6 is 0 Å². The lowest BCUT2D eigenvalue weighted by atomic mass is 10.1. The summed E-state index contributed by atoms with van der Waals surface area (Å²) in [5, 5.41) is 2.78. The molecule has 1 N–H and O–H groups in total. The van der Waals surface area contributed by atoms with Crippen molar-refractivity contribution in [2.75, 3.05) is 0 Å². The van der Waals surface area contributed by atoms with Crippen LogP contribution in [-0.4, -0.2) is 15.9 Å². The molecule has 0 aliphatic carbocycles. The van der Waals surface area contributed by atoms with E-state index in [-0.39, 0.29) is 11.9 Å². The van der Waals surface area contributed by atoms with Crippen molar-refractivity contribution >= 4 is 5.91 Å². The number of nitrogens with one attached hydrogen (secondary N) is 1. The lowest BCUT2D eigenvalue weighted by molar-refractivity contribution is -0.119. The van der Waals surface area contributed by atoms with E-state index < -0.39 is 0 Å². The van der Waals surface area contributed by atoms with Gasteiger partial charge in [-0.25, -0.2) is 9.97 Å². The molecular formula is C9H13N3O. The Morgan fingerprint density at radius 1 is 1.62 bits per heavy atom. The molecular weight excluding hydrogens is 166 g/mol. The summed E-state index contributed by atoms with van der Waals surface area (Å²) in [6, 6.07) is -0.0290. The summed E-state index contributed by atoms with van der Waals surface area (Å²) in [5.41, 5.74) is 1.86. The molecule has 0 aliphatic rings. The molecule has 1 amide bonds. The summed E-state index contributed by atoms with van der Waals surface area (Å²) in [4.78, 5) is 18.7. The van der Waals surface area contributed by atoms with Gasteiger partial charge in [0.05, 0.1) is 6.04 Å². The highest BCUT2D eigenvalue weighted by Gasteiger charge is 2.09. The van der Waals surface area contributed by atoms with E-state index in [0.717, 1.165) is 11.3 Å². The first-order chi connectivity index (χ1) is 6.11. The zero-order valence-electron chi connectivity index (χ0n) is 8.03. The quantitative estimate of drug-likeness (QED) is 0.736.